The largest absolute Gasteiger partial charge is 0.345 e. The molecule has 2 aromatic carbocycles. The Hall–Kier alpha value is -2.92. The zero-order valence-corrected chi connectivity index (χ0v) is 18.5. The summed E-state index contributed by atoms with van der Waals surface area (Å²) >= 11 is 1.61. The number of hydrogen-bond donors (Lipinski definition) is 0. The summed E-state index contributed by atoms with van der Waals surface area (Å²) in [6.45, 7) is 3.17. The Morgan fingerprint density at radius 1 is 0.933 bits per heavy atom. The van der Waals surface area contributed by atoms with Crippen molar-refractivity contribution in [3.63, 3.8) is 0 Å². The Bertz CT molecular complexity index is 1080. The second-order valence-electron chi connectivity index (χ2n) is 7.84. The van der Waals surface area contributed by atoms with Gasteiger partial charge in [0.25, 0.3) is 11.8 Å². The van der Waals surface area contributed by atoms with Gasteiger partial charge in [-0.15, -0.1) is 11.3 Å². The number of thiophene rings is 1. The first-order valence-electron chi connectivity index (χ1n) is 10.3. The Morgan fingerprint density at radius 3 is 2.33 bits per heavy atom. The lowest BCUT2D eigenvalue weighted by Crippen LogP contribution is -2.29. The number of benzene rings is 2. The number of nitrogens with zero attached hydrogens (tertiary/aromatic N) is 2. The van der Waals surface area contributed by atoms with E-state index in [2.05, 4.69) is 30.3 Å². The van der Waals surface area contributed by atoms with Crippen molar-refractivity contribution in [2.24, 2.45) is 0 Å². The van der Waals surface area contributed by atoms with Gasteiger partial charge >= 0.3 is 0 Å². The van der Waals surface area contributed by atoms with E-state index in [1.54, 1.807) is 30.3 Å². The number of carbonyl (C=O) groups excluding carboxylic acids is 2. The lowest BCUT2D eigenvalue weighted by Gasteiger charge is -2.20. The van der Waals surface area contributed by atoms with E-state index in [1.807, 2.05) is 36.1 Å². The van der Waals surface area contributed by atoms with Crippen LogP contribution in [0.4, 0.5) is 0 Å². The minimum atomic E-state index is -0.0191. The van der Waals surface area contributed by atoms with E-state index >= 15 is 0 Å². The molecule has 0 saturated heterocycles. The molecule has 3 aromatic rings. The number of amides is 2. The van der Waals surface area contributed by atoms with Gasteiger partial charge in [-0.3, -0.25) is 9.59 Å². The van der Waals surface area contributed by atoms with Crippen LogP contribution in [0.25, 0.3) is 10.4 Å². The Kier molecular flexibility index (Phi) is 5.73. The lowest BCUT2D eigenvalue weighted by atomic mass is 9.91. The molecule has 1 aromatic heterocycles. The van der Waals surface area contributed by atoms with Crippen molar-refractivity contribution in [1.82, 2.24) is 9.80 Å². The quantitative estimate of drug-likeness (QED) is 0.593. The third-order valence-electron chi connectivity index (χ3n) is 5.59. The predicted molar refractivity (Wildman–Crippen MR) is 122 cm³/mol. The normalized spacial score (nSPS) is 12.1. The molecule has 0 bridgehead atoms. The highest BCUT2D eigenvalue weighted by molar-refractivity contribution is 7.17. The van der Waals surface area contributed by atoms with Crippen molar-refractivity contribution in [3.8, 4) is 10.4 Å². The fourth-order valence-electron chi connectivity index (χ4n) is 3.89. The van der Waals surface area contributed by atoms with Crippen molar-refractivity contribution in [2.75, 3.05) is 20.6 Å². The van der Waals surface area contributed by atoms with Gasteiger partial charge in [0.1, 0.15) is 0 Å². The zero-order valence-electron chi connectivity index (χ0n) is 17.6. The molecule has 0 unspecified atom stereocenters. The molecular formula is C25H26N2O2S. The molecule has 0 atom stereocenters. The summed E-state index contributed by atoms with van der Waals surface area (Å²) in [6, 6.07) is 18.1. The molecule has 2 amide bonds. The molecule has 1 heterocycles. The van der Waals surface area contributed by atoms with Gasteiger partial charge in [-0.05, 0) is 60.2 Å². The molecule has 1 aliphatic rings. The van der Waals surface area contributed by atoms with Gasteiger partial charge in [0.2, 0.25) is 0 Å². The van der Waals surface area contributed by atoms with Crippen molar-refractivity contribution in [1.29, 1.82) is 0 Å². The second-order valence-corrected chi connectivity index (χ2v) is 8.89. The average Bonchev–Trinajstić information content (AvgIpc) is 3.22. The van der Waals surface area contributed by atoms with Crippen LogP contribution < -0.4 is 0 Å². The van der Waals surface area contributed by atoms with Crippen molar-refractivity contribution in [2.45, 2.75) is 26.3 Å². The molecular weight excluding hydrogens is 392 g/mol. The maximum Gasteiger partial charge on any atom is 0.264 e. The van der Waals surface area contributed by atoms with Crippen LogP contribution in [-0.2, 0) is 19.4 Å². The van der Waals surface area contributed by atoms with Crippen molar-refractivity contribution < 1.29 is 9.59 Å². The van der Waals surface area contributed by atoms with Crippen LogP contribution in [0.1, 0.15) is 43.6 Å². The highest BCUT2D eigenvalue weighted by Gasteiger charge is 2.23. The molecule has 0 saturated carbocycles. The average molecular weight is 419 g/mol. The van der Waals surface area contributed by atoms with Crippen LogP contribution in [0.15, 0.2) is 54.6 Å². The third-order valence-corrected chi connectivity index (χ3v) is 6.79. The summed E-state index contributed by atoms with van der Waals surface area (Å²) in [7, 11) is 3.49. The monoisotopic (exact) mass is 418 g/mol. The summed E-state index contributed by atoms with van der Waals surface area (Å²) in [4.78, 5) is 30.8. The van der Waals surface area contributed by atoms with Gasteiger partial charge in [-0.1, -0.05) is 36.4 Å². The zero-order chi connectivity index (χ0) is 21.3. The standard InChI is InChI=1S/C25H26N2O2S/c1-4-27(16-17-9-11-19(12-10-17)24(28)26(2)3)25(29)22-15-20-14-13-18-7-5-6-8-21(18)23(20)30-22/h5-12,15H,4,13-14,16H2,1-3H3. The van der Waals surface area contributed by atoms with E-state index in [9.17, 15) is 9.59 Å². The maximum absolute atomic E-state index is 13.3. The molecule has 4 rings (SSSR count). The number of hydrogen-bond acceptors (Lipinski definition) is 3. The first kappa shape index (κ1) is 20.4. The Labute approximate surface area is 181 Å². The van der Waals surface area contributed by atoms with Gasteiger partial charge in [-0.25, -0.2) is 0 Å². The molecule has 0 fully saturated rings. The molecule has 0 radical (unpaired) electrons. The first-order chi connectivity index (χ1) is 14.5. The summed E-state index contributed by atoms with van der Waals surface area (Å²) < 4.78 is 0. The van der Waals surface area contributed by atoms with Crippen molar-refractivity contribution in [3.05, 3.63) is 81.7 Å². The number of rotatable bonds is 5. The van der Waals surface area contributed by atoms with E-state index in [4.69, 9.17) is 0 Å². The van der Waals surface area contributed by atoms with Crippen LogP contribution in [0, 0.1) is 0 Å². The molecule has 4 nitrogen and oxygen atoms in total. The van der Waals surface area contributed by atoms with E-state index in [-0.39, 0.29) is 11.8 Å². The summed E-state index contributed by atoms with van der Waals surface area (Å²) in [5.41, 5.74) is 5.59. The second kappa shape index (κ2) is 8.44. The van der Waals surface area contributed by atoms with E-state index in [0.717, 1.165) is 23.3 Å². The molecule has 1 aliphatic carbocycles. The number of fused-ring (bicyclic) bond motifs is 3. The highest BCUT2D eigenvalue weighted by atomic mass is 32.1. The van der Waals surface area contributed by atoms with Gasteiger partial charge < -0.3 is 9.80 Å². The molecule has 5 heteroatoms. The number of aryl methyl sites for hydroxylation is 2. The van der Waals surface area contributed by atoms with Gasteiger partial charge in [0.15, 0.2) is 0 Å². The Morgan fingerprint density at radius 2 is 1.63 bits per heavy atom. The number of carbonyl (C=O) groups is 2. The minimum absolute atomic E-state index is 0.0191. The first-order valence-corrected chi connectivity index (χ1v) is 11.1. The topological polar surface area (TPSA) is 40.6 Å². The van der Waals surface area contributed by atoms with Crippen LogP contribution in [0.2, 0.25) is 0 Å². The molecule has 30 heavy (non-hydrogen) atoms. The third kappa shape index (κ3) is 3.90. The SMILES string of the molecule is CCN(Cc1ccc(C(=O)N(C)C)cc1)C(=O)c1cc2c(s1)-c1ccccc1CC2. The highest BCUT2D eigenvalue weighted by Crippen LogP contribution is 2.39. The van der Waals surface area contributed by atoms with Crippen LogP contribution in [0.3, 0.4) is 0 Å². The van der Waals surface area contributed by atoms with Gasteiger partial charge in [-0.2, -0.15) is 0 Å². The smallest absolute Gasteiger partial charge is 0.264 e. The summed E-state index contributed by atoms with van der Waals surface area (Å²) in [6.07, 6.45) is 2.02. The van der Waals surface area contributed by atoms with Crippen LogP contribution in [-0.4, -0.2) is 42.3 Å². The van der Waals surface area contributed by atoms with E-state index in [1.165, 1.54) is 21.6 Å². The fourth-order valence-corrected chi connectivity index (χ4v) is 5.13. The summed E-state index contributed by atoms with van der Waals surface area (Å²) in [5.74, 6) is 0.0530. The van der Waals surface area contributed by atoms with Crippen molar-refractivity contribution >= 4 is 23.2 Å². The fraction of sp³-hybridized carbons (Fsp3) is 0.280. The Balaban J connectivity index is 1.53. The van der Waals surface area contributed by atoms with E-state index < -0.39 is 0 Å². The summed E-state index contributed by atoms with van der Waals surface area (Å²) in [5, 5.41) is 0. The molecule has 0 aliphatic heterocycles. The van der Waals surface area contributed by atoms with Gasteiger partial charge in [0.05, 0.1) is 4.88 Å². The predicted octanol–water partition coefficient (Wildman–Crippen LogP) is 4.88. The van der Waals surface area contributed by atoms with Crippen LogP contribution >= 0.6 is 11.3 Å². The minimum Gasteiger partial charge on any atom is -0.345 e. The van der Waals surface area contributed by atoms with Gasteiger partial charge in [0, 0.05) is 37.6 Å². The van der Waals surface area contributed by atoms with Crippen LogP contribution in [0.5, 0.6) is 0 Å². The molecule has 154 valence electrons. The molecule has 0 N–H and O–H groups in total. The van der Waals surface area contributed by atoms with E-state index in [0.29, 0.717) is 18.7 Å². The lowest BCUT2D eigenvalue weighted by molar-refractivity contribution is 0.0756. The maximum atomic E-state index is 13.3. The molecule has 0 spiro atoms.